The zero-order chi connectivity index (χ0) is 14.9. The largest absolute Gasteiger partial charge is 2.00 e. The minimum atomic E-state index is -3.78. The second-order valence-corrected chi connectivity index (χ2v) is 6.12. The number of nitrogens with one attached hydrogen (secondary N) is 1. The van der Waals surface area contributed by atoms with Gasteiger partial charge in [0.05, 0.1) is 16.1 Å². The Morgan fingerprint density at radius 3 is 2.36 bits per heavy atom. The first-order valence-electron chi connectivity index (χ1n) is 6.18. The van der Waals surface area contributed by atoms with Crippen molar-refractivity contribution in [2.45, 2.75) is 4.90 Å². The van der Waals surface area contributed by atoms with E-state index < -0.39 is 15.8 Å². The summed E-state index contributed by atoms with van der Waals surface area (Å²) in [6, 6.07) is 13.5. The molecule has 0 fully saturated rings. The molecule has 0 saturated heterocycles. The molecule has 1 radical (unpaired) electrons. The number of nitrogens with zero attached hydrogens (tertiary/aromatic N) is 1. The molecule has 0 aliphatic heterocycles. The summed E-state index contributed by atoms with van der Waals surface area (Å²) in [6.45, 7) is 0. The minimum Gasteiger partial charge on any atom is -0.277 e. The second kappa shape index (κ2) is 6.44. The van der Waals surface area contributed by atoms with Crippen LogP contribution < -0.4 is 4.72 Å². The van der Waals surface area contributed by atoms with Gasteiger partial charge in [0.25, 0.3) is 10.0 Å². The Morgan fingerprint density at radius 1 is 0.955 bits per heavy atom. The molecule has 0 atom stereocenters. The fourth-order valence-corrected chi connectivity index (χ4v) is 3.07. The van der Waals surface area contributed by atoms with E-state index in [9.17, 15) is 12.8 Å². The van der Waals surface area contributed by atoms with Crippen LogP contribution in [0, 0.1) is 5.82 Å². The molecule has 3 rings (SSSR count). The van der Waals surface area contributed by atoms with Crippen LogP contribution in [-0.2, 0) is 27.1 Å². The number of anilines is 1. The van der Waals surface area contributed by atoms with Gasteiger partial charge in [0.15, 0.2) is 0 Å². The number of para-hydroxylation sites is 1. The molecule has 1 heterocycles. The van der Waals surface area contributed by atoms with Crippen molar-refractivity contribution in [2.24, 2.45) is 0 Å². The van der Waals surface area contributed by atoms with Crippen LogP contribution in [0.3, 0.4) is 0 Å². The molecule has 0 unspecified atom stereocenters. The monoisotopic (exact) mass is 365 g/mol. The number of halogens is 1. The maximum atomic E-state index is 12.9. The number of hydrogen-bond acceptors (Lipinski definition) is 3. The van der Waals surface area contributed by atoms with E-state index in [4.69, 9.17) is 0 Å². The first-order valence-corrected chi connectivity index (χ1v) is 7.67. The van der Waals surface area contributed by atoms with Gasteiger partial charge in [-0.05, 0) is 36.4 Å². The fraction of sp³-hybridized carbons (Fsp3) is 0. The van der Waals surface area contributed by atoms with Crippen molar-refractivity contribution in [3.8, 4) is 0 Å². The summed E-state index contributed by atoms with van der Waals surface area (Å²) in [5, 5.41) is 0.830. The molecule has 0 amide bonds. The quantitative estimate of drug-likeness (QED) is 0.725. The zero-order valence-electron chi connectivity index (χ0n) is 11.1. The first-order chi connectivity index (χ1) is 10.1. The van der Waals surface area contributed by atoms with Crippen molar-refractivity contribution in [1.82, 2.24) is 4.98 Å². The average Bonchev–Trinajstić information content (AvgIpc) is 2.48. The molecular weight excluding hydrogens is 355 g/mol. The summed E-state index contributed by atoms with van der Waals surface area (Å²) in [4.78, 5) is 4.18. The molecule has 3 aromatic rings. The number of rotatable bonds is 3. The van der Waals surface area contributed by atoms with Crippen molar-refractivity contribution in [3.05, 3.63) is 66.6 Å². The Balaban J connectivity index is 0.00000176. The maximum Gasteiger partial charge on any atom is 2.00 e. The molecule has 1 aromatic heterocycles. The van der Waals surface area contributed by atoms with Crippen LogP contribution in [0.1, 0.15) is 0 Å². The number of aromatic nitrogens is 1. The van der Waals surface area contributed by atoms with Gasteiger partial charge >= 0.3 is 17.1 Å². The summed E-state index contributed by atoms with van der Waals surface area (Å²) in [5.74, 6) is -0.485. The number of fused-ring (bicyclic) bond motifs is 1. The van der Waals surface area contributed by atoms with Gasteiger partial charge in [-0.1, -0.05) is 18.2 Å². The predicted octanol–water partition coefficient (Wildman–Crippen LogP) is 3.17. The molecule has 0 aliphatic rings. The van der Waals surface area contributed by atoms with Crippen molar-refractivity contribution in [3.63, 3.8) is 0 Å². The summed E-state index contributed by atoms with van der Waals surface area (Å²) in [6.07, 6.45) is 1.60. The van der Waals surface area contributed by atoms with Gasteiger partial charge in [-0.25, -0.2) is 12.8 Å². The Hall–Kier alpha value is -1.95. The number of hydrogen-bond donors (Lipinski definition) is 1. The predicted molar refractivity (Wildman–Crippen MR) is 79.0 cm³/mol. The maximum absolute atomic E-state index is 12.9. The van der Waals surface area contributed by atoms with E-state index in [1.54, 1.807) is 24.4 Å². The molecule has 0 saturated carbocycles. The van der Waals surface area contributed by atoms with Gasteiger partial charge < -0.3 is 0 Å². The van der Waals surface area contributed by atoms with E-state index in [-0.39, 0.29) is 22.0 Å². The fourth-order valence-electron chi connectivity index (χ4n) is 2.00. The molecule has 0 aliphatic carbocycles. The van der Waals surface area contributed by atoms with Crippen molar-refractivity contribution >= 4 is 26.6 Å². The molecule has 0 spiro atoms. The third-order valence-corrected chi connectivity index (χ3v) is 4.38. The van der Waals surface area contributed by atoms with E-state index in [1.165, 1.54) is 12.1 Å². The van der Waals surface area contributed by atoms with Crippen LogP contribution in [0.15, 0.2) is 65.7 Å². The summed E-state index contributed by atoms with van der Waals surface area (Å²) < 4.78 is 40.0. The van der Waals surface area contributed by atoms with Gasteiger partial charge in [0.1, 0.15) is 5.82 Å². The molecule has 2 aromatic carbocycles. The van der Waals surface area contributed by atoms with Crippen LogP contribution in [0.25, 0.3) is 10.9 Å². The van der Waals surface area contributed by atoms with Crippen LogP contribution in [-0.4, -0.2) is 13.4 Å². The number of pyridine rings is 1. The van der Waals surface area contributed by atoms with Crippen LogP contribution >= 0.6 is 0 Å². The molecule has 1 N–H and O–H groups in total. The van der Waals surface area contributed by atoms with E-state index in [1.807, 2.05) is 12.1 Å². The molecule has 22 heavy (non-hydrogen) atoms. The van der Waals surface area contributed by atoms with Gasteiger partial charge in [-0.2, -0.15) is 0 Å². The normalized spacial score (nSPS) is 11.0. The molecule has 115 valence electrons. The number of sulfonamides is 1. The van der Waals surface area contributed by atoms with E-state index >= 15 is 0 Å². The van der Waals surface area contributed by atoms with Crippen LogP contribution in [0.4, 0.5) is 10.1 Å². The Bertz CT molecular complexity index is 894. The summed E-state index contributed by atoms with van der Waals surface area (Å²) in [7, 11) is -3.78. The molecular formula is C15H11CuFN2O2S+2. The topological polar surface area (TPSA) is 59.1 Å². The van der Waals surface area contributed by atoms with Crippen molar-refractivity contribution < 1.29 is 29.9 Å². The van der Waals surface area contributed by atoms with Crippen LogP contribution in [0.5, 0.6) is 0 Å². The summed E-state index contributed by atoms with van der Waals surface area (Å²) >= 11 is 0. The standard InChI is InChI=1S/C15H11FN2O2S.Cu/c16-12-6-8-13(9-7-12)21(19,20)18-14-5-1-3-11-4-2-10-17-15(11)14;/h1-10,18H;/q;+2. The smallest absolute Gasteiger partial charge is 0.277 e. The third-order valence-electron chi connectivity index (χ3n) is 3.00. The summed E-state index contributed by atoms with van der Waals surface area (Å²) in [5.41, 5.74) is 0.947. The van der Waals surface area contributed by atoms with E-state index in [0.29, 0.717) is 11.2 Å². The average molecular weight is 366 g/mol. The second-order valence-electron chi connectivity index (χ2n) is 4.44. The minimum absolute atomic E-state index is 0. The zero-order valence-corrected chi connectivity index (χ0v) is 12.9. The Kier molecular flexibility index (Phi) is 4.80. The molecule has 4 nitrogen and oxygen atoms in total. The third kappa shape index (κ3) is 3.27. The van der Waals surface area contributed by atoms with Gasteiger partial charge in [-0.3, -0.25) is 9.71 Å². The van der Waals surface area contributed by atoms with Gasteiger partial charge in [0, 0.05) is 11.6 Å². The Labute approximate surface area is 137 Å². The van der Waals surface area contributed by atoms with Crippen LogP contribution in [0.2, 0.25) is 0 Å². The van der Waals surface area contributed by atoms with E-state index in [0.717, 1.165) is 17.5 Å². The Morgan fingerprint density at radius 2 is 1.64 bits per heavy atom. The number of benzene rings is 2. The van der Waals surface area contributed by atoms with Crippen molar-refractivity contribution in [2.75, 3.05) is 4.72 Å². The molecule has 7 heteroatoms. The van der Waals surface area contributed by atoms with Crippen molar-refractivity contribution in [1.29, 1.82) is 0 Å². The first kappa shape index (κ1) is 16.4. The molecule has 0 bridgehead atoms. The van der Waals surface area contributed by atoms with Gasteiger partial charge in [0.2, 0.25) is 0 Å². The van der Waals surface area contributed by atoms with E-state index in [2.05, 4.69) is 9.71 Å². The SMILES string of the molecule is O=S(=O)(Nc1cccc2cccnc12)c1ccc(F)cc1.[Cu+2]. The van der Waals surface area contributed by atoms with Gasteiger partial charge in [-0.15, -0.1) is 0 Å².